The molecule has 1 aliphatic heterocycles. The summed E-state index contributed by atoms with van der Waals surface area (Å²) in [6.45, 7) is 1.07. The van der Waals surface area contributed by atoms with Crippen molar-refractivity contribution in [1.29, 1.82) is 0 Å². The van der Waals surface area contributed by atoms with Crippen LogP contribution >= 0.6 is 11.8 Å². The first-order valence-corrected chi connectivity index (χ1v) is 9.01. The number of nitrogens with one attached hydrogen (secondary N) is 1. The molecule has 0 atom stereocenters. The molecule has 1 aromatic carbocycles. The van der Waals surface area contributed by atoms with Crippen molar-refractivity contribution in [2.24, 2.45) is 0 Å². The Morgan fingerprint density at radius 2 is 2.08 bits per heavy atom. The van der Waals surface area contributed by atoms with Gasteiger partial charge in [0.25, 0.3) is 0 Å². The lowest BCUT2D eigenvalue weighted by molar-refractivity contribution is -0.119. The quantitative estimate of drug-likeness (QED) is 0.806. The van der Waals surface area contributed by atoms with Crippen molar-refractivity contribution in [2.45, 2.75) is 24.3 Å². The molecule has 0 unspecified atom stereocenters. The van der Waals surface area contributed by atoms with Crippen LogP contribution in [0.2, 0.25) is 0 Å². The third kappa shape index (κ3) is 4.79. The standard InChI is InChI=1S/C18H18FN3O2S/c19-14-3-5-15(6-4-14)25-12-17(23)21-11-13-7-8-20-16(10-13)22-9-1-2-18(22)24/h3-8,10H,1-2,9,11-12H2,(H,21,23). The van der Waals surface area contributed by atoms with E-state index in [9.17, 15) is 14.0 Å². The average molecular weight is 359 g/mol. The van der Waals surface area contributed by atoms with Crippen molar-refractivity contribution in [3.8, 4) is 0 Å². The lowest BCUT2D eigenvalue weighted by Gasteiger charge is -2.15. The number of hydrogen-bond donors (Lipinski definition) is 1. The molecule has 1 aromatic heterocycles. The van der Waals surface area contributed by atoms with E-state index in [-0.39, 0.29) is 23.4 Å². The number of halogens is 1. The molecule has 0 aliphatic carbocycles. The summed E-state index contributed by atoms with van der Waals surface area (Å²) in [6, 6.07) is 9.69. The number of pyridine rings is 1. The van der Waals surface area contributed by atoms with Crippen LogP contribution in [0.25, 0.3) is 0 Å². The van der Waals surface area contributed by atoms with E-state index < -0.39 is 0 Å². The Bertz CT molecular complexity index is 767. The maximum absolute atomic E-state index is 12.8. The molecule has 1 fully saturated rings. The molecule has 7 heteroatoms. The average Bonchev–Trinajstić information content (AvgIpc) is 3.06. The van der Waals surface area contributed by atoms with Crippen LogP contribution in [0.1, 0.15) is 18.4 Å². The second-order valence-corrected chi connectivity index (χ2v) is 6.74. The zero-order chi connectivity index (χ0) is 17.6. The fraction of sp³-hybridized carbons (Fsp3) is 0.278. The van der Waals surface area contributed by atoms with Gasteiger partial charge in [0.2, 0.25) is 11.8 Å². The summed E-state index contributed by atoms with van der Waals surface area (Å²) in [4.78, 5) is 30.5. The van der Waals surface area contributed by atoms with Gasteiger partial charge in [0, 0.05) is 30.6 Å². The summed E-state index contributed by atoms with van der Waals surface area (Å²) in [5, 5.41) is 2.84. The molecular formula is C18H18FN3O2S. The maximum atomic E-state index is 12.8. The summed E-state index contributed by atoms with van der Waals surface area (Å²) in [5.74, 6) is 0.580. The predicted octanol–water partition coefficient (Wildman–Crippen LogP) is 2.76. The molecule has 5 nitrogen and oxygen atoms in total. The number of rotatable bonds is 6. The normalized spacial score (nSPS) is 14.0. The van der Waals surface area contributed by atoms with E-state index in [2.05, 4.69) is 10.3 Å². The third-order valence-electron chi connectivity index (χ3n) is 3.83. The highest BCUT2D eigenvalue weighted by atomic mass is 32.2. The third-order valence-corrected chi connectivity index (χ3v) is 4.85. The fourth-order valence-corrected chi connectivity index (χ4v) is 3.27. The molecule has 1 aliphatic rings. The number of amides is 2. The Morgan fingerprint density at radius 1 is 1.28 bits per heavy atom. The highest BCUT2D eigenvalue weighted by Gasteiger charge is 2.22. The van der Waals surface area contributed by atoms with Gasteiger partial charge in [-0.1, -0.05) is 0 Å². The first-order valence-electron chi connectivity index (χ1n) is 8.02. The maximum Gasteiger partial charge on any atom is 0.230 e. The predicted molar refractivity (Wildman–Crippen MR) is 94.8 cm³/mol. The minimum atomic E-state index is -0.293. The minimum Gasteiger partial charge on any atom is -0.351 e. The van der Waals surface area contributed by atoms with Gasteiger partial charge in [0.1, 0.15) is 11.6 Å². The van der Waals surface area contributed by atoms with Crippen molar-refractivity contribution < 1.29 is 14.0 Å². The molecule has 2 aromatic rings. The number of hydrogen-bond acceptors (Lipinski definition) is 4. The lowest BCUT2D eigenvalue weighted by atomic mass is 10.2. The lowest BCUT2D eigenvalue weighted by Crippen LogP contribution is -2.26. The van der Waals surface area contributed by atoms with E-state index >= 15 is 0 Å². The smallest absolute Gasteiger partial charge is 0.230 e. The summed E-state index contributed by atoms with van der Waals surface area (Å²) in [6.07, 6.45) is 3.06. The van der Waals surface area contributed by atoms with Gasteiger partial charge in [-0.3, -0.25) is 14.5 Å². The molecule has 0 bridgehead atoms. The van der Waals surface area contributed by atoms with Gasteiger partial charge in [-0.15, -0.1) is 11.8 Å². The molecule has 0 saturated carbocycles. The molecule has 1 N–H and O–H groups in total. The Morgan fingerprint density at radius 3 is 2.80 bits per heavy atom. The summed E-state index contributed by atoms with van der Waals surface area (Å²) in [7, 11) is 0. The van der Waals surface area contributed by atoms with Gasteiger partial charge in [-0.05, 0) is 48.4 Å². The molecule has 2 heterocycles. The second kappa shape index (κ2) is 8.11. The van der Waals surface area contributed by atoms with Crippen LogP contribution in [-0.4, -0.2) is 29.1 Å². The van der Waals surface area contributed by atoms with Gasteiger partial charge in [0.15, 0.2) is 0 Å². The van der Waals surface area contributed by atoms with Crippen molar-refractivity contribution in [3.63, 3.8) is 0 Å². The van der Waals surface area contributed by atoms with Crippen LogP contribution < -0.4 is 10.2 Å². The van der Waals surface area contributed by atoms with Crippen LogP contribution in [0.5, 0.6) is 0 Å². The van der Waals surface area contributed by atoms with Crippen LogP contribution in [0.15, 0.2) is 47.5 Å². The number of anilines is 1. The second-order valence-electron chi connectivity index (χ2n) is 5.69. The number of nitrogens with zero attached hydrogens (tertiary/aromatic N) is 2. The zero-order valence-electron chi connectivity index (χ0n) is 13.6. The summed E-state index contributed by atoms with van der Waals surface area (Å²) >= 11 is 1.35. The van der Waals surface area contributed by atoms with Crippen LogP contribution in [0.3, 0.4) is 0 Å². The van der Waals surface area contributed by atoms with E-state index in [4.69, 9.17) is 0 Å². The van der Waals surface area contributed by atoms with Crippen molar-refractivity contribution in [3.05, 3.63) is 54.0 Å². The number of benzene rings is 1. The monoisotopic (exact) mass is 359 g/mol. The highest BCUT2D eigenvalue weighted by molar-refractivity contribution is 8.00. The molecule has 2 amide bonds. The largest absolute Gasteiger partial charge is 0.351 e. The molecule has 1 saturated heterocycles. The molecule has 3 rings (SSSR count). The summed E-state index contributed by atoms with van der Waals surface area (Å²) < 4.78 is 12.8. The topological polar surface area (TPSA) is 62.3 Å². The van der Waals surface area contributed by atoms with Gasteiger partial charge in [0.05, 0.1) is 5.75 Å². The van der Waals surface area contributed by atoms with E-state index in [1.165, 1.54) is 23.9 Å². The van der Waals surface area contributed by atoms with Gasteiger partial charge in [-0.25, -0.2) is 9.37 Å². The van der Waals surface area contributed by atoms with Crippen LogP contribution in [0.4, 0.5) is 10.2 Å². The van der Waals surface area contributed by atoms with Gasteiger partial charge in [-0.2, -0.15) is 0 Å². The van der Waals surface area contributed by atoms with Gasteiger partial charge < -0.3 is 5.32 Å². The van der Waals surface area contributed by atoms with Crippen molar-refractivity contribution >= 4 is 29.4 Å². The molecule has 0 spiro atoms. The minimum absolute atomic E-state index is 0.0874. The Hall–Kier alpha value is -2.41. The van der Waals surface area contributed by atoms with E-state index in [1.807, 2.05) is 12.1 Å². The van der Waals surface area contributed by atoms with Crippen molar-refractivity contribution in [2.75, 3.05) is 17.2 Å². The highest BCUT2D eigenvalue weighted by Crippen LogP contribution is 2.20. The van der Waals surface area contributed by atoms with Crippen LogP contribution in [-0.2, 0) is 16.1 Å². The Balaban J connectivity index is 1.50. The van der Waals surface area contributed by atoms with Crippen molar-refractivity contribution in [1.82, 2.24) is 10.3 Å². The number of thioether (sulfide) groups is 1. The fourth-order valence-electron chi connectivity index (χ4n) is 2.54. The van der Waals surface area contributed by atoms with E-state index in [0.29, 0.717) is 25.3 Å². The SMILES string of the molecule is O=C(CSc1ccc(F)cc1)NCc1ccnc(N2CCCC2=O)c1. The molecule has 130 valence electrons. The van der Waals surface area contributed by atoms with Crippen LogP contribution in [0, 0.1) is 5.82 Å². The van der Waals surface area contributed by atoms with Gasteiger partial charge >= 0.3 is 0 Å². The molecule has 25 heavy (non-hydrogen) atoms. The first-order chi connectivity index (χ1) is 12.1. The van der Waals surface area contributed by atoms with E-state index in [1.54, 1.807) is 23.2 Å². The Kier molecular flexibility index (Phi) is 5.65. The number of aromatic nitrogens is 1. The summed E-state index contributed by atoms with van der Waals surface area (Å²) in [5.41, 5.74) is 0.893. The van der Waals surface area contributed by atoms with E-state index in [0.717, 1.165) is 16.9 Å². The first kappa shape index (κ1) is 17.4. The number of carbonyl (C=O) groups is 2. The Labute approximate surface area is 149 Å². The zero-order valence-corrected chi connectivity index (χ0v) is 14.4. The molecule has 0 radical (unpaired) electrons. The molecular weight excluding hydrogens is 341 g/mol. The number of carbonyl (C=O) groups excluding carboxylic acids is 2.